The molecule has 0 saturated heterocycles. The summed E-state index contributed by atoms with van der Waals surface area (Å²) < 4.78 is 0. The molecule has 96 valence electrons. The zero-order valence-electron chi connectivity index (χ0n) is 12.2. The molecule has 1 aromatic heterocycles. The predicted octanol–water partition coefficient (Wildman–Crippen LogP) is 4.22. The molecule has 2 aromatic rings. The van der Waals surface area contributed by atoms with Crippen molar-refractivity contribution in [1.82, 2.24) is 10.2 Å². The molecule has 0 aliphatic rings. The molecular formula is C16H22N2. The fourth-order valence-corrected chi connectivity index (χ4v) is 2.28. The van der Waals surface area contributed by atoms with Crippen LogP contribution < -0.4 is 0 Å². The summed E-state index contributed by atoms with van der Waals surface area (Å²) in [6, 6.07) is 6.50. The first-order valence-electron chi connectivity index (χ1n) is 6.46. The van der Waals surface area contributed by atoms with Gasteiger partial charge in [-0.25, -0.2) is 0 Å². The second kappa shape index (κ2) is 4.04. The lowest BCUT2D eigenvalue weighted by Gasteiger charge is -2.30. The fraction of sp³-hybridized carbons (Fsp3) is 0.500. The summed E-state index contributed by atoms with van der Waals surface area (Å²) in [5.41, 5.74) is 4.00. The van der Waals surface area contributed by atoms with Gasteiger partial charge in [-0.15, -0.1) is 0 Å². The lowest BCUT2D eigenvalue weighted by molar-refractivity contribution is 0.531. The Balaban J connectivity index is 2.81. The molecule has 0 aliphatic carbocycles. The van der Waals surface area contributed by atoms with E-state index >= 15 is 0 Å². The summed E-state index contributed by atoms with van der Waals surface area (Å²) in [5.74, 6) is 0. The lowest BCUT2D eigenvalue weighted by atomic mass is 9.75. The molecular weight excluding hydrogens is 220 g/mol. The van der Waals surface area contributed by atoms with Gasteiger partial charge in [0.25, 0.3) is 0 Å². The van der Waals surface area contributed by atoms with Crippen molar-refractivity contribution in [2.45, 2.75) is 52.4 Å². The average Bonchev–Trinajstić information content (AvgIpc) is 2.25. The van der Waals surface area contributed by atoms with Gasteiger partial charge in [-0.1, -0.05) is 41.5 Å². The Labute approximate surface area is 109 Å². The van der Waals surface area contributed by atoms with Crippen LogP contribution in [0.15, 0.2) is 24.4 Å². The number of benzene rings is 1. The molecule has 0 amide bonds. The second-order valence-corrected chi connectivity index (χ2v) is 6.99. The average molecular weight is 242 g/mol. The molecule has 0 N–H and O–H groups in total. The van der Waals surface area contributed by atoms with Crippen LogP contribution in [0.2, 0.25) is 0 Å². The molecule has 0 aliphatic heterocycles. The number of hydrogen-bond acceptors (Lipinski definition) is 2. The molecule has 0 unspecified atom stereocenters. The van der Waals surface area contributed by atoms with Gasteiger partial charge in [-0.3, -0.25) is 0 Å². The topological polar surface area (TPSA) is 25.8 Å². The maximum Gasteiger partial charge on any atom is 0.0932 e. The van der Waals surface area contributed by atoms with Crippen molar-refractivity contribution in [2.75, 3.05) is 0 Å². The fourth-order valence-electron chi connectivity index (χ4n) is 2.28. The van der Waals surface area contributed by atoms with E-state index in [2.05, 4.69) is 63.9 Å². The highest BCUT2D eigenvalue weighted by Gasteiger charge is 2.25. The molecule has 2 nitrogen and oxygen atoms in total. The second-order valence-electron chi connectivity index (χ2n) is 6.99. The van der Waals surface area contributed by atoms with Crippen molar-refractivity contribution in [1.29, 1.82) is 0 Å². The molecule has 0 bridgehead atoms. The zero-order chi connectivity index (χ0) is 13.6. The quantitative estimate of drug-likeness (QED) is 0.691. The number of hydrogen-bond donors (Lipinski definition) is 0. The van der Waals surface area contributed by atoms with Crippen LogP contribution in [0.3, 0.4) is 0 Å². The van der Waals surface area contributed by atoms with E-state index < -0.39 is 0 Å². The van der Waals surface area contributed by atoms with Crippen molar-refractivity contribution in [3.05, 3.63) is 35.5 Å². The smallest absolute Gasteiger partial charge is 0.0932 e. The van der Waals surface area contributed by atoms with E-state index in [9.17, 15) is 0 Å². The summed E-state index contributed by atoms with van der Waals surface area (Å²) in [5, 5.41) is 9.38. The third-order valence-corrected chi connectivity index (χ3v) is 3.27. The Morgan fingerprint density at radius 3 is 1.94 bits per heavy atom. The summed E-state index contributed by atoms with van der Waals surface area (Å²) in [7, 11) is 0. The van der Waals surface area contributed by atoms with Crippen LogP contribution >= 0.6 is 0 Å². The van der Waals surface area contributed by atoms with Crippen LogP contribution in [0.5, 0.6) is 0 Å². The number of aromatic nitrogens is 2. The van der Waals surface area contributed by atoms with E-state index in [1.165, 1.54) is 16.5 Å². The van der Waals surface area contributed by atoms with Crippen LogP contribution in [0, 0.1) is 0 Å². The predicted molar refractivity (Wildman–Crippen MR) is 76.9 cm³/mol. The minimum Gasteiger partial charge on any atom is -0.159 e. The standard InChI is InChI=1S/C16H22N2/c1-15(2,3)12-9-11-7-8-17-18-14(11)10-13(12)16(4,5)6/h7-10H,1-6H3. The molecule has 0 spiro atoms. The largest absolute Gasteiger partial charge is 0.159 e. The molecule has 1 aromatic carbocycles. The van der Waals surface area contributed by atoms with Crippen molar-refractivity contribution in [2.24, 2.45) is 0 Å². The Hall–Kier alpha value is -1.44. The van der Waals surface area contributed by atoms with Crippen molar-refractivity contribution in [3.63, 3.8) is 0 Å². The van der Waals surface area contributed by atoms with Crippen molar-refractivity contribution >= 4 is 10.9 Å². The van der Waals surface area contributed by atoms with Gasteiger partial charge in [0.2, 0.25) is 0 Å². The first-order chi connectivity index (χ1) is 8.19. The van der Waals surface area contributed by atoms with E-state index in [1.54, 1.807) is 6.20 Å². The zero-order valence-corrected chi connectivity index (χ0v) is 12.2. The Morgan fingerprint density at radius 1 is 0.833 bits per heavy atom. The highest BCUT2D eigenvalue weighted by atomic mass is 15.1. The SMILES string of the molecule is CC(C)(C)c1cc2ccnnc2cc1C(C)(C)C. The van der Waals surface area contributed by atoms with E-state index in [4.69, 9.17) is 0 Å². The molecule has 0 fully saturated rings. The minimum absolute atomic E-state index is 0.119. The van der Waals surface area contributed by atoms with E-state index in [-0.39, 0.29) is 10.8 Å². The third kappa shape index (κ3) is 2.38. The van der Waals surface area contributed by atoms with Gasteiger partial charge in [0.05, 0.1) is 11.7 Å². The van der Waals surface area contributed by atoms with Crippen LogP contribution in [0.4, 0.5) is 0 Å². The number of rotatable bonds is 0. The Kier molecular flexibility index (Phi) is 2.92. The van der Waals surface area contributed by atoms with Crippen LogP contribution in [0.1, 0.15) is 52.7 Å². The summed E-state index contributed by atoms with van der Waals surface area (Å²) in [6.45, 7) is 13.5. The molecule has 18 heavy (non-hydrogen) atoms. The monoisotopic (exact) mass is 242 g/mol. The number of fused-ring (bicyclic) bond motifs is 1. The lowest BCUT2D eigenvalue weighted by Crippen LogP contribution is -2.22. The van der Waals surface area contributed by atoms with E-state index in [0.29, 0.717) is 0 Å². The van der Waals surface area contributed by atoms with Crippen LogP contribution in [-0.2, 0) is 10.8 Å². The maximum atomic E-state index is 4.23. The van der Waals surface area contributed by atoms with Gasteiger partial charge in [0.1, 0.15) is 0 Å². The first kappa shape index (κ1) is 13.0. The van der Waals surface area contributed by atoms with Crippen LogP contribution in [0.25, 0.3) is 10.9 Å². The highest BCUT2D eigenvalue weighted by molar-refractivity contribution is 5.80. The maximum absolute atomic E-state index is 4.23. The Bertz CT molecular complexity index is 519. The summed E-state index contributed by atoms with van der Waals surface area (Å²) in [6.07, 6.45) is 1.76. The van der Waals surface area contributed by atoms with Crippen molar-refractivity contribution in [3.8, 4) is 0 Å². The van der Waals surface area contributed by atoms with Gasteiger partial charge >= 0.3 is 0 Å². The van der Waals surface area contributed by atoms with Crippen LogP contribution in [-0.4, -0.2) is 10.2 Å². The Morgan fingerprint density at radius 2 is 1.39 bits per heavy atom. The van der Waals surface area contributed by atoms with Gasteiger partial charge in [0, 0.05) is 5.39 Å². The third-order valence-electron chi connectivity index (χ3n) is 3.27. The molecule has 0 atom stereocenters. The van der Waals surface area contributed by atoms with Gasteiger partial charge in [-0.2, -0.15) is 10.2 Å². The number of nitrogens with zero attached hydrogens (tertiary/aromatic N) is 2. The van der Waals surface area contributed by atoms with E-state index in [1.807, 2.05) is 6.07 Å². The molecule has 2 heteroatoms. The van der Waals surface area contributed by atoms with Gasteiger partial charge < -0.3 is 0 Å². The summed E-state index contributed by atoms with van der Waals surface area (Å²) >= 11 is 0. The van der Waals surface area contributed by atoms with Gasteiger partial charge in [-0.05, 0) is 40.2 Å². The minimum atomic E-state index is 0.119. The first-order valence-corrected chi connectivity index (χ1v) is 6.46. The summed E-state index contributed by atoms with van der Waals surface area (Å²) in [4.78, 5) is 0. The molecule has 0 radical (unpaired) electrons. The molecule has 1 heterocycles. The van der Waals surface area contributed by atoms with E-state index in [0.717, 1.165) is 5.52 Å². The molecule has 2 rings (SSSR count). The highest BCUT2D eigenvalue weighted by Crippen LogP contribution is 2.35. The normalized spacial score (nSPS) is 13.0. The molecule has 0 saturated carbocycles. The van der Waals surface area contributed by atoms with Gasteiger partial charge in [0.15, 0.2) is 0 Å². The van der Waals surface area contributed by atoms with Crippen molar-refractivity contribution < 1.29 is 0 Å².